The fourth-order valence-electron chi connectivity index (χ4n) is 4.28. The van der Waals surface area contributed by atoms with Gasteiger partial charge in [-0.15, -0.1) is 0 Å². The first kappa shape index (κ1) is 18.7. The van der Waals surface area contributed by atoms with E-state index in [2.05, 4.69) is 16.0 Å². The molecule has 3 N–H and O–H groups in total. The van der Waals surface area contributed by atoms with Crippen molar-refractivity contribution in [2.75, 3.05) is 10.6 Å². The number of nitrogens with one attached hydrogen (secondary N) is 3. The minimum atomic E-state index is -0.451. The molecule has 2 aromatic rings. The summed E-state index contributed by atoms with van der Waals surface area (Å²) in [6.45, 7) is 0.439. The summed E-state index contributed by atoms with van der Waals surface area (Å²) in [6, 6.07) is 7.97. The highest BCUT2D eigenvalue weighted by Gasteiger charge is 2.24. The molecule has 2 aliphatic carbocycles. The highest BCUT2D eigenvalue weighted by atomic mass is 16.2. The van der Waals surface area contributed by atoms with Gasteiger partial charge >= 0.3 is 0 Å². The second-order valence-corrected chi connectivity index (χ2v) is 8.04. The third-order valence-corrected chi connectivity index (χ3v) is 5.99. The molecule has 2 fully saturated rings. The van der Waals surface area contributed by atoms with Gasteiger partial charge in [-0.2, -0.15) is 0 Å². The summed E-state index contributed by atoms with van der Waals surface area (Å²) in [5.74, 6) is -0.0306. The predicted octanol–water partition coefficient (Wildman–Crippen LogP) is 2.92. The zero-order valence-electron chi connectivity index (χ0n) is 16.1. The van der Waals surface area contributed by atoms with Gasteiger partial charge in [0.15, 0.2) is 0 Å². The van der Waals surface area contributed by atoms with Gasteiger partial charge in [-0.1, -0.05) is 37.8 Å². The molecule has 4 rings (SSSR count). The number of rotatable bonds is 7. The van der Waals surface area contributed by atoms with E-state index >= 15 is 0 Å². The first-order valence-corrected chi connectivity index (χ1v) is 10.4. The van der Waals surface area contributed by atoms with Crippen LogP contribution in [0, 0.1) is 0 Å². The molecule has 2 aliphatic rings. The van der Waals surface area contributed by atoms with Crippen LogP contribution in [0.4, 0.5) is 11.4 Å². The van der Waals surface area contributed by atoms with Gasteiger partial charge in [0.05, 0.1) is 0 Å². The van der Waals surface area contributed by atoms with Crippen molar-refractivity contribution in [2.45, 2.75) is 70.0 Å². The number of anilines is 2. The number of hydrogen-bond acceptors (Lipinski definition) is 5. The summed E-state index contributed by atoms with van der Waals surface area (Å²) in [5, 5.41) is 9.41. The summed E-state index contributed by atoms with van der Waals surface area (Å²) in [7, 11) is 0. The first-order chi connectivity index (χ1) is 13.6. The van der Waals surface area contributed by atoms with E-state index in [4.69, 9.17) is 0 Å². The van der Waals surface area contributed by atoms with Crippen molar-refractivity contribution in [3.63, 3.8) is 0 Å². The number of amides is 1. The molecule has 148 valence electrons. The molecule has 0 aliphatic heterocycles. The third kappa shape index (κ3) is 3.96. The van der Waals surface area contributed by atoms with Crippen LogP contribution in [0.15, 0.2) is 33.9 Å². The van der Waals surface area contributed by atoms with Gasteiger partial charge in [0, 0.05) is 24.2 Å². The smallest absolute Gasteiger partial charge is 0.253 e. The first-order valence-electron chi connectivity index (χ1n) is 10.4. The summed E-state index contributed by atoms with van der Waals surface area (Å²) in [4.78, 5) is 36.1. The van der Waals surface area contributed by atoms with Crippen LogP contribution < -0.4 is 26.8 Å². The number of hydrogen-bond donors (Lipinski definition) is 3. The maximum atomic E-state index is 12.3. The van der Waals surface area contributed by atoms with Gasteiger partial charge in [0.2, 0.25) is 0 Å². The average molecular weight is 381 g/mol. The van der Waals surface area contributed by atoms with Crippen LogP contribution in [0.1, 0.15) is 67.3 Å². The van der Waals surface area contributed by atoms with Gasteiger partial charge < -0.3 is 16.0 Å². The second kappa shape index (κ2) is 8.17. The van der Waals surface area contributed by atoms with E-state index in [1.807, 2.05) is 12.1 Å². The fraction of sp³-hybridized carbons (Fsp3) is 0.500. The zero-order chi connectivity index (χ0) is 19.5. The lowest BCUT2D eigenvalue weighted by atomic mass is 10.1. The lowest BCUT2D eigenvalue weighted by Gasteiger charge is -2.19. The van der Waals surface area contributed by atoms with E-state index < -0.39 is 10.9 Å². The second-order valence-electron chi connectivity index (χ2n) is 8.04. The molecule has 0 atom stereocenters. The number of benzene rings is 1. The predicted molar refractivity (Wildman–Crippen MR) is 111 cm³/mol. The Morgan fingerprint density at radius 1 is 0.821 bits per heavy atom. The molecule has 0 radical (unpaired) electrons. The van der Waals surface area contributed by atoms with Crippen molar-refractivity contribution >= 4 is 17.3 Å². The monoisotopic (exact) mass is 381 g/mol. The van der Waals surface area contributed by atoms with E-state index in [-0.39, 0.29) is 5.91 Å². The SMILES string of the molecule is O=C(NC1CCCC1)c1ccc(CNc2c(NC3CCCC3)c(=O)c2=O)cc1. The lowest BCUT2D eigenvalue weighted by molar-refractivity contribution is 0.0938. The highest BCUT2D eigenvalue weighted by Crippen LogP contribution is 2.24. The van der Waals surface area contributed by atoms with Gasteiger partial charge in [0.1, 0.15) is 11.4 Å². The summed E-state index contributed by atoms with van der Waals surface area (Å²) in [6.07, 6.45) is 8.91. The van der Waals surface area contributed by atoms with Crippen molar-refractivity contribution in [2.24, 2.45) is 0 Å². The molecule has 6 nitrogen and oxygen atoms in total. The molecular formula is C22H27N3O3. The molecule has 0 unspecified atom stereocenters. The minimum Gasteiger partial charge on any atom is -0.377 e. The Hall–Kier alpha value is -2.63. The standard InChI is InChI=1S/C22H27N3O3/c26-20-18(19(21(20)27)24-16-5-1-2-6-16)23-13-14-9-11-15(12-10-14)22(28)25-17-7-3-4-8-17/h9-12,16-17,23-24H,1-8,13H2,(H,25,28). The summed E-state index contributed by atoms with van der Waals surface area (Å²) in [5.41, 5.74) is 1.55. The van der Waals surface area contributed by atoms with E-state index in [0.29, 0.717) is 35.6 Å². The van der Waals surface area contributed by atoms with Gasteiger partial charge in [-0.25, -0.2) is 0 Å². The van der Waals surface area contributed by atoms with E-state index in [9.17, 15) is 14.4 Å². The van der Waals surface area contributed by atoms with Gasteiger partial charge in [-0.05, 0) is 43.4 Å². The van der Waals surface area contributed by atoms with Crippen molar-refractivity contribution < 1.29 is 4.79 Å². The van der Waals surface area contributed by atoms with Crippen LogP contribution >= 0.6 is 0 Å². The van der Waals surface area contributed by atoms with Gasteiger partial charge in [0.25, 0.3) is 16.8 Å². The van der Waals surface area contributed by atoms with Crippen molar-refractivity contribution in [3.05, 3.63) is 55.8 Å². The van der Waals surface area contributed by atoms with Crippen LogP contribution in [0.25, 0.3) is 0 Å². The Morgan fingerprint density at radius 3 is 2.04 bits per heavy atom. The normalized spacial score (nSPS) is 17.9. The Kier molecular flexibility index (Phi) is 5.46. The lowest BCUT2D eigenvalue weighted by Crippen LogP contribution is -2.39. The molecule has 0 bridgehead atoms. The Labute approximate surface area is 164 Å². The molecule has 0 saturated heterocycles. The van der Waals surface area contributed by atoms with Gasteiger partial charge in [-0.3, -0.25) is 14.4 Å². The van der Waals surface area contributed by atoms with Crippen molar-refractivity contribution in [1.29, 1.82) is 0 Å². The van der Waals surface area contributed by atoms with E-state index in [0.717, 1.165) is 44.1 Å². The Bertz CT molecular complexity index is 900. The van der Waals surface area contributed by atoms with Crippen LogP contribution in [0.5, 0.6) is 0 Å². The highest BCUT2D eigenvalue weighted by molar-refractivity contribution is 5.94. The van der Waals surface area contributed by atoms with Crippen LogP contribution in [-0.2, 0) is 6.54 Å². The maximum Gasteiger partial charge on any atom is 0.253 e. The molecule has 0 heterocycles. The summed E-state index contributed by atoms with van der Waals surface area (Å²) >= 11 is 0. The summed E-state index contributed by atoms with van der Waals surface area (Å²) < 4.78 is 0. The van der Waals surface area contributed by atoms with E-state index in [1.54, 1.807) is 12.1 Å². The van der Waals surface area contributed by atoms with Crippen molar-refractivity contribution in [3.8, 4) is 0 Å². The topological polar surface area (TPSA) is 87.3 Å². The Morgan fingerprint density at radius 2 is 1.39 bits per heavy atom. The largest absolute Gasteiger partial charge is 0.377 e. The zero-order valence-corrected chi connectivity index (χ0v) is 16.1. The molecule has 1 amide bonds. The average Bonchev–Trinajstić information content (AvgIpc) is 3.41. The molecule has 28 heavy (non-hydrogen) atoms. The molecule has 0 aromatic heterocycles. The number of carbonyl (C=O) groups excluding carboxylic acids is 1. The van der Waals surface area contributed by atoms with Crippen LogP contribution in [0.3, 0.4) is 0 Å². The van der Waals surface area contributed by atoms with Crippen LogP contribution in [-0.4, -0.2) is 18.0 Å². The number of carbonyl (C=O) groups is 1. The molecule has 0 spiro atoms. The third-order valence-electron chi connectivity index (χ3n) is 5.99. The molecule has 2 aromatic carbocycles. The fourth-order valence-corrected chi connectivity index (χ4v) is 4.28. The molecule has 2 saturated carbocycles. The van der Waals surface area contributed by atoms with Crippen LogP contribution in [0.2, 0.25) is 0 Å². The maximum absolute atomic E-state index is 12.3. The quantitative estimate of drug-likeness (QED) is 0.642. The van der Waals surface area contributed by atoms with E-state index in [1.165, 1.54) is 12.8 Å². The molecule has 6 heteroatoms. The van der Waals surface area contributed by atoms with Crippen molar-refractivity contribution in [1.82, 2.24) is 5.32 Å². The minimum absolute atomic E-state index is 0.0306. The molecular weight excluding hydrogens is 354 g/mol. The Balaban J connectivity index is 1.34.